The van der Waals surface area contributed by atoms with Gasteiger partial charge in [0.25, 0.3) is 0 Å². The van der Waals surface area contributed by atoms with Crippen molar-refractivity contribution < 1.29 is 9.59 Å². The zero-order valence-electron chi connectivity index (χ0n) is 6.52. The third-order valence-corrected chi connectivity index (χ3v) is 1.50. The number of rotatable bonds is 1. The summed E-state index contributed by atoms with van der Waals surface area (Å²) in [6.45, 7) is 1.85. The number of carbonyl (C=O) groups is 1. The molecule has 12 heavy (non-hydrogen) atoms. The molecule has 0 spiro atoms. The summed E-state index contributed by atoms with van der Waals surface area (Å²) in [5.41, 5.74) is 4.18. The maximum Gasteiger partial charge on any atom is 0.335 e. The molecule has 1 aliphatic heterocycles. The van der Waals surface area contributed by atoms with Gasteiger partial charge in [0.1, 0.15) is 5.54 Å². The van der Waals surface area contributed by atoms with Gasteiger partial charge in [0.2, 0.25) is 6.08 Å². The second kappa shape index (κ2) is 2.75. The van der Waals surface area contributed by atoms with Crippen LogP contribution < -0.4 is 5.73 Å². The summed E-state index contributed by atoms with van der Waals surface area (Å²) >= 11 is 0. The van der Waals surface area contributed by atoms with Gasteiger partial charge >= 0.3 is 6.03 Å². The lowest BCUT2D eigenvalue weighted by Gasteiger charge is -2.14. The fourth-order valence-electron chi connectivity index (χ4n) is 0.882. The van der Waals surface area contributed by atoms with E-state index in [1.54, 1.807) is 6.92 Å². The van der Waals surface area contributed by atoms with Gasteiger partial charge in [-0.2, -0.15) is 10.1 Å². The number of carbonyl (C=O) groups excluding carboxylic acids is 2. The SMILES string of the molecule is CC1(N=C=O)C=NN(C(N)=O)C1. The first kappa shape index (κ1) is 8.42. The average Bonchev–Trinajstić information content (AvgIpc) is 2.33. The Morgan fingerprint density at radius 2 is 2.58 bits per heavy atom. The molecule has 0 saturated carbocycles. The van der Waals surface area contributed by atoms with E-state index in [2.05, 4.69) is 10.1 Å². The molecule has 0 radical (unpaired) electrons. The molecule has 0 saturated heterocycles. The Morgan fingerprint density at radius 1 is 1.92 bits per heavy atom. The van der Waals surface area contributed by atoms with E-state index >= 15 is 0 Å². The number of amides is 2. The van der Waals surface area contributed by atoms with Crippen molar-refractivity contribution in [1.29, 1.82) is 0 Å². The smallest absolute Gasteiger partial charge is 0.335 e. The Kier molecular flexibility index (Phi) is 1.93. The van der Waals surface area contributed by atoms with Gasteiger partial charge in [0.15, 0.2) is 0 Å². The van der Waals surface area contributed by atoms with Gasteiger partial charge in [-0.3, -0.25) is 0 Å². The van der Waals surface area contributed by atoms with Crippen LogP contribution in [0.4, 0.5) is 4.79 Å². The summed E-state index contributed by atoms with van der Waals surface area (Å²) in [4.78, 5) is 24.0. The molecule has 0 aromatic heterocycles. The molecule has 0 fully saturated rings. The van der Waals surface area contributed by atoms with Crippen LogP contribution in [0.1, 0.15) is 6.92 Å². The van der Waals surface area contributed by atoms with E-state index < -0.39 is 11.6 Å². The second-order valence-corrected chi connectivity index (χ2v) is 2.70. The number of hydrogen-bond acceptors (Lipinski definition) is 4. The number of urea groups is 1. The van der Waals surface area contributed by atoms with Gasteiger partial charge in [-0.1, -0.05) is 0 Å². The van der Waals surface area contributed by atoms with Crippen LogP contribution in [0.5, 0.6) is 0 Å². The van der Waals surface area contributed by atoms with Crippen LogP contribution in [-0.2, 0) is 4.79 Å². The van der Waals surface area contributed by atoms with Crippen molar-refractivity contribution in [2.24, 2.45) is 15.8 Å². The molecule has 1 aliphatic rings. The fraction of sp³-hybridized carbons (Fsp3) is 0.500. The first-order chi connectivity index (χ1) is 5.57. The van der Waals surface area contributed by atoms with Crippen LogP contribution in [0.3, 0.4) is 0 Å². The topological polar surface area (TPSA) is 88.1 Å². The summed E-state index contributed by atoms with van der Waals surface area (Å²) in [7, 11) is 0. The Hall–Kier alpha value is -1.68. The second-order valence-electron chi connectivity index (χ2n) is 2.70. The van der Waals surface area contributed by atoms with E-state index in [1.807, 2.05) is 0 Å². The molecule has 1 rings (SSSR count). The van der Waals surface area contributed by atoms with E-state index in [1.165, 1.54) is 12.3 Å². The van der Waals surface area contributed by atoms with Crippen LogP contribution in [0.2, 0.25) is 0 Å². The maximum absolute atomic E-state index is 10.6. The van der Waals surface area contributed by atoms with Gasteiger partial charge < -0.3 is 5.73 Å². The first-order valence-electron chi connectivity index (χ1n) is 3.28. The average molecular weight is 168 g/mol. The van der Waals surface area contributed by atoms with E-state index in [0.717, 1.165) is 5.01 Å². The quantitative estimate of drug-likeness (QED) is 0.421. The molecule has 0 aliphatic carbocycles. The number of isocyanates is 1. The molecule has 1 unspecified atom stereocenters. The standard InChI is InChI=1S/C6H8N4O2/c1-6(8-4-11)2-9-10(3-6)5(7)12/h2H,3H2,1H3,(H2,7,12). The lowest BCUT2D eigenvalue weighted by molar-refractivity contribution is 0.210. The number of aliphatic imine (C=N–C) groups is 1. The predicted molar refractivity (Wildman–Crippen MR) is 41.3 cm³/mol. The number of nitrogens with two attached hydrogens (primary N) is 1. The third kappa shape index (κ3) is 1.49. The highest BCUT2D eigenvalue weighted by Gasteiger charge is 2.32. The van der Waals surface area contributed by atoms with Gasteiger partial charge in [-0.15, -0.1) is 0 Å². The molecule has 64 valence electrons. The Balaban J connectivity index is 2.75. The Labute approximate surface area is 68.7 Å². The molecule has 2 N–H and O–H groups in total. The fourth-order valence-corrected chi connectivity index (χ4v) is 0.882. The van der Waals surface area contributed by atoms with Gasteiger partial charge in [-0.05, 0) is 6.92 Å². The van der Waals surface area contributed by atoms with E-state index in [9.17, 15) is 9.59 Å². The number of nitrogens with zero attached hydrogens (tertiary/aromatic N) is 3. The van der Waals surface area contributed by atoms with Gasteiger partial charge in [0, 0.05) is 0 Å². The van der Waals surface area contributed by atoms with Crippen molar-refractivity contribution in [1.82, 2.24) is 5.01 Å². The van der Waals surface area contributed by atoms with Crippen LogP contribution in [0.25, 0.3) is 0 Å². The summed E-state index contributed by atoms with van der Waals surface area (Å²) in [6.07, 6.45) is 2.81. The zero-order valence-corrected chi connectivity index (χ0v) is 6.52. The highest BCUT2D eigenvalue weighted by atomic mass is 16.2. The number of hydrogen-bond donors (Lipinski definition) is 1. The van der Waals surface area contributed by atoms with Gasteiger partial charge in [0.05, 0.1) is 12.8 Å². The summed E-state index contributed by atoms with van der Waals surface area (Å²) < 4.78 is 0. The largest absolute Gasteiger partial charge is 0.350 e. The van der Waals surface area contributed by atoms with E-state index in [4.69, 9.17) is 5.73 Å². The van der Waals surface area contributed by atoms with Crippen molar-refractivity contribution in [3.63, 3.8) is 0 Å². The van der Waals surface area contributed by atoms with Crippen molar-refractivity contribution in [3.05, 3.63) is 0 Å². The van der Waals surface area contributed by atoms with Gasteiger partial charge in [-0.25, -0.2) is 14.6 Å². The monoisotopic (exact) mass is 168 g/mol. The molecule has 0 aromatic rings. The predicted octanol–water partition coefficient (Wildman–Crippen LogP) is -0.539. The highest BCUT2D eigenvalue weighted by molar-refractivity contribution is 5.80. The molecule has 0 aromatic carbocycles. The Bertz CT molecular complexity index is 281. The molecule has 6 nitrogen and oxygen atoms in total. The Morgan fingerprint density at radius 3 is 3.00 bits per heavy atom. The number of primary amides is 1. The molecule has 6 heteroatoms. The summed E-state index contributed by atoms with van der Waals surface area (Å²) in [6, 6.07) is -0.656. The van der Waals surface area contributed by atoms with Crippen molar-refractivity contribution in [3.8, 4) is 0 Å². The van der Waals surface area contributed by atoms with E-state index in [0.29, 0.717) is 0 Å². The summed E-state index contributed by atoms with van der Waals surface area (Å²) in [5, 5.41) is 4.71. The highest BCUT2D eigenvalue weighted by Crippen LogP contribution is 2.15. The van der Waals surface area contributed by atoms with E-state index in [-0.39, 0.29) is 6.54 Å². The first-order valence-corrected chi connectivity index (χ1v) is 3.28. The lowest BCUT2D eigenvalue weighted by atomic mass is 10.1. The van der Waals surface area contributed by atoms with Crippen molar-refractivity contribution in [2.75, 3.05) is 6.54 Å². The minimum Gasteiger partial charge on any atom is -0.350 e. The number of hydrazone groups is 1. The van der Waals surface area contributed by atoms with Crippen molar-refractivity contribution >= 4 is 18.3 Å². The van der Waals surface area contributed by atoms with Crippen LogP contribution in [0.15, 0.2) is 10.1 Å². The summed E-state index contributed by atoms with van der Waals surface area (Å²) in [5.74, 6) is 0. The van der Waals surface area contributed by atoms with Crippen LogP contribution in [0, 0.1) is 0 Å². The molecule has 2 amide bonds. The van der Waals surface area contributed by atoms with Crippen molar-refractivity contribution in [2.45, 2.75) is 12.5 Å². The maximum atomic E-state index is 10.6. The molecular formula is C6H8N4O2. The molecule has 1 heterocycles. The van der Waals surface area contributed by atoms with Crippen LogP contribution >= 0.6 is 0 Å². The molecule has 1 atom stereocenters. The third-order valence-electron chi connectivity index (χ3n) is 1.50. The normalized spacial score (nSPS) is 26.9. The van der Waals surface area contributed by atoms with Crippen LogP contribution in [-0.4, -0.2) is 35.4 Å². The minimum absolute atomic E-state index is 0.192. The molecular weight excluding hydrogens is 160 g/mol. The zero-order chi connectivity index (χ0) is 9.19. The lowest BCUT2D eigenvalue weighted by Crippen LogP contribution is -2.37. The molecule has 0 bridgehead atoms. The minimum atomic E-state index is -0.767.